The van der Waals surface area contributed by atoms with Crippen LogP contribution in [0.25, 0.3) is 0 Å². The van der Waals surface area contributed by atoms with Gasteiger partial charge in [-0.3, -0.25) is 14.5 Å². The Morgan fingerprint density at radius 1 is 1.28 bits per heavy atom. The summed E-state index contributed by atoms with van der Waals surface area (Å²) in [6, 6.07) is 7.11. The largest absolute Gasteiger partial charge is 0.337 e. The Labute approximate surface area is 157 Å². The molecule has 0 aromatic heterocycles. The third-order valence-electron chi connectivity index (χ3n) is 4.08. The number of para-hydroxylation sites is 1. The molecule has 8 heteroatoms. The van der Waals surface area contributed by atoms with Crippen LogP contribution in [0, 0.1) is 17.2 Å². The Balaban J connectivity index is 1.85. The van der Waals surface area contributed by atoms with Gasteiger partial charge in [0.05, 0.1) is 34.9 Å². The van der Waals surface area contributed by atoms with E-state index in [9.17, 15) is 14.9 Å². The maximum absolute atomic E-state index is 12.1. The van der Waals surface area contributed by atoms with E-state index >= 15 is 0 Å². The minimum absolute atomic E-state index is 0.00760. The van der Waals surface area contributed by atoms with Crippen molar-refractivity contribution in [3.05, 3.63) is 28.2 Å². The maximum atomic E-state index is 12.1. The Bertz CT molecular complexity index is 695. The summed E-state index contributed by atoms with van der Waals surface area (Å²) in [5, 5.41) is 15.4. The molecule has 1 aliphatic rings. The van der Waals surface area contributed by atoms with E-state index in [0.29, 0.717) is 15.7 Å². The molecule has 0 radical (unpaired) electrons. The highest BCUT2D eigenvalue weighted by molar-refractivity contribution is 6.39. The molecule has 134 valence electrons. The molecule has 0 spiro atoms. The van der Waals surface area contributed by atoms with Crippen LogP contribution >= 0.6 is 23.2 Å². The van der Waals surface area contributed by atoms with Crippen molar-refractivity contribution in [3.8, 4) is 6.07 Å². The summed E-state index contributed by atoms with van der Waals surface area (Å²) in [7, 11) is 1.65. The van der Waals surface area contributed by atoms with Gasteiger partial charge in [-0.2, -0.15) is 5.26 Å². The summed E-state index contributed by atoms with van der Waals surface area (Å²) in [6.07, 6.45) is 1.89. The van der Waals surface area contributed by atoms with Crippen LogP contribution in [-0.4, -0.2) is 42.4 Å². The van der Waals surface area contributed by atoms with Crippen molar-refractivity contribution in [1.82, 2.24) is 10.2 Å². The first-order chi connectivity index (χ1) is 11.7. The molecular formula is C17H20Cl2N4O2. The van der Waals surface area contributed by atoms with Crippen molar-refractivity contribution in [2.24, 2.45) is 5.92 Å². The van der Waals surface area contributed by atoms with Gasteiger partial charge >= 0.3 is 0 Å². The van der Waals surface area contributed by atoms with E-state index in [0.717, 1.165) is 12.8 Å². The number of carbonyl (C=O) groups is 2. The third kappa shape index (κ3) is 5.33. The lowest BCUT2D eigenvalue weighted by Gasteiger charge is -2.24. The molecule has 1 fully saturated rings. The molecule has 0 saturated heterocycles. The van der Waals surface area contributed by atoms with E-state index < -0.39 is 5.54 Å². The fourth-order valence-electron chi connectivity index (χ4n) is 2.55. The number of amides is 2. The van der Waals surface area contributed by atoms with Crippen LogP contribution in [0.1, 0.15) is 19.8 Å². The molecule has 2 amide bonds. The van der Waals surface area contributed by atoms with Crippen LogP contribution in [0.5, 0.6) is 0 Å². The summed E-state index contributed by atoms with van der Waals surface area (Å²) in [5.41, 5.74) is -0.495. The number of likely N-dealkylation sites (N-methyl/N-ethyl adjacent to an activating group) is 1. The first-order valence-corrected chi connectivity index (χ1v) is 8.65. The molecular weight excluding hydrogens is 363 g/mol. The quantitative estimate of drug-likeness (QED) is 0.758. The number of benzene rings is 1. The van der Waals surface area contributed by atoms with E-state index in [1.54, 1.807) is 37.1 Å². The number of rotatable bonds is 7. The summed E-state index contributed by atoms with van der Waals surface area (Å²) >= 11 is 12.0. The Kier molecular flexibility index (Phi) is 6.28. The molecule has 1 saturated carbocycles. The Hall–Kier alpha value is -1.81. The summed E-state index contributed by atoms with van der Waals surface area (Å²) in [4.78, 5) is 25.8. The van der Waals surface area contributed by atoms with E-state index in [4.69, 9.17) is 23.2 Å². The first kappa shape index (κ1) is 19.5. The Morgan fingerprint density at radius 2 is 1.84 bits per heavy atom. The Morgan fingerprint density at radius 3 is 2.36 bits per heavy atom. The summed E-state index contributed by atoms with van der Waals surface area (Å²) < 4.78 is 0. The maximum Gasteiger partial charge on any atom is 0.238 e. The molecule has 1 aromatic carbocycles. The fourth-order valence-corrected chi connectivity index (χ4v) is 3.05. The van der Waals surface area contributed by atoms with E-state index in [1.165, 1.54) is 0 Å². The van der Waals surface area contributed by atoms with Crippen LogP contribution in [0.15, 0.2) is 18.2 Å². The SMILES string of the molecule is CN(CC(=O)Nc1c(Cl)cccc1Cl)CC(=O)N[C@@](C)(C#N)C1CC1. The predicted molar refractivity (Wildman–Crippen MR) is 97.5 cm³/mol. The zero-order chi connectivity index (χ0) is 18.6. The lowest BCUT2D eigenvalue weighted by molar-refractivity contribution is -0.124. The zero-order valence-electron chi connectivity index (χ0n) is 14.1. The normalized spacial score (nSPS) is 16.0. The lowest BCUT2D eigenvalue weighted by atomic mass is 9.98. The van der Waals surface area contributed by atoms with E-state index in [1.807, 2.05) is 0 Å². The zero-order valence-corrected chi connectivity index (χ0v) is 15.6. The molecule has 6 nitrogen and oxygen atoms in total. The van der Waals surface area contributed by atoms with Crippen molar-refractivity contribution in [1.29, 1.82) is 5.26 Å². The second kappa shape index (κ2) is 8.05. The average molecular weight is 383 g/mol. The lowest BCUT2D eigenvalue weighted by Crippen LogP contribution is -2.50. The highest BCUT2D eigenvalue weighted by atomic mass is 35.5. The van der Waals surface area contributed by atoms with E-state index in [2.05, 4.69) is 16.7 Å². The monoisotopic (exact) mass is 382 g/mol. The van der Waals surface area contributed by atoms with E-state index in [-0.39, 0.29) is 30.8 Å². The van der Waals surface area contributed by atoms with Gasteiger partial charge in [0.2, 0.25) is 11.8 Å². The van der Waals surface area contributed by atoms with Crippen molar-refractivity contribution in [3.63, 3.8) is 0 Å². The minimum Gasteiger partial charge on any atom is -0.337 e. The molecule has 0 aliphatic heterocycles. The van der Waals surface area contributed by atoms with Crippen LogP contribution in [0.4, 0.5) is 5.69 Å². The van der Waals surface area contributed by atoms with Crippen LogP contribution < -0.4 is 10.6 Å². The molecule has 2 N–H and O–H groups in total. The van der Waals surface area contributed by atoms with Gasteiger partial charge in [0.25, 0.3) is 0 Å². The van der Waals surface area contributed by atoms with Crippen molar-refractivity contribution in [2.45, 2.75) is 25.3 Å². The van der Waals surface area contributed by atoms with Crippen LogP contribution in [-0.2, 0) is 9.59 Å². The van der Waals surface area contributed by atoms with Gasteiger partial charge in [0.1, 0.15) is 5.54 Å². The number of nitriles is 1. The molecule has 25 heavy (non-hydrogen) atoms. The van der Waals surface area contributed by atoms with Gasteiger partial charge in [-0.05, 0) is 44.9 Å². The average Bonchev–Trinajstić information content (AvgIpc) is 3.35. The fraction of sp³-hybridized carbons (Fsp3) is 0.471. The number of anilines is 1. The molecule has 1 aliphatic carbocycles. The first-order valence-electron chi connectivity index (χ1n) is 7.90. The number of hydrogen-bond acceptors (Lipinski definition) is 4. The summed E-state index contributed by atoms with van der Waals surface area (Å²) in [5.74, 6) is -0.421. The number of nitrogens with zero attached hydrogens (tertiary/aromatic N) is 2. The summed E-state index contributed by atoms with van der Waals surface area (Å²) in [6.45, 7) is 1.73. The van der Waals surface area contributed by atoms with Crippen molar-refractivity contribution in [2.75, 3.05) is 25.5 Å². The predicted octanol–water partition coefficient (Wildman–Crippen LogP) is 2.67. The van der Waals surface area contributed by atoms with Crippen molar-refractivity contribution < 1.29 is 9.59 Å². The van der Waals surface area contributed by atoms with Gasteiger partial charge in [-0.25, -0.2) is 0 Å². The molecule has 1 aromatic rings. The standard InChI is InChI=1S/C17H20Cl2N4O2/c1-17(10-20,11-6-7-11)22-15(25)9-23(2)8-14(24)21-16-12(18)4-3-5-13(16)19/h3-5,11H,6-9H2,1-2H3,(H,21,24)(H,22,25)/t17-/m0/s1. The van der Waals surface area contributed by atoms with Crippen LogP contribution in [0.2, 0.25) is 10.0 Å². The highest BCUT2D eigenvalue weighted by Gasteiger charge is 2.43. The number of carbonyl (C=O) groups excluding carboxylic acids is 2. The minimum atomic E-state index is -0.842. The van der Waals surface area contributed by atoms with Gasteiger partial charge < -0.3 is 10.6 Å². The smallest absolute Gasteiger partial charge is 0.238 e. The second-order valence-electron chi connectivity index (χ2n) is 6.45. The number of hydrogen-bond donors (Lipinski definition) is 2. The molecule has 0 unspecified atom stereocenters. The molecule has 0 heterocycles. The van der Waals surface area contributed by atoms with Crippen LogP contribution in [0.3, 0.4) is 0 Å². The van der Waals surface area contributed by atoms with Gasteiger partial charge in [-0.1, -0.05) is 29.3 Å². The highest BCUT2D eigenvalue weighted by Crippen LogP contribution is 2.39. The topological polar surface area (TPSA) is 85.2 Å². The third-order valence-corrected chi connectivity index (χ3v) is 4.71. The molecule has 2 rings (SSSR count). The van der Waals surface area contributed by atoms with Crippen molar-refractivity contribution >= 4 is 40.7 Å². The number of nitrogens with one attached hydrogen (secondary N) is 2. The number of halogens is 2. The van der Waals surface area contributed by atoms with Gasteiger partial charge in [0, 0.05) is 0 Å². The van der Waals surface area contributed by atoms with Gasteiger partial charge in [0.15, 0.2) is 0 Å². The van der Waals surface area contributed by atoms with Gasteiger partial charge in [-0.15, -0.1) is 0 Å². The molecule has 1 atom stereocenters. The molecule has 0 bridgehead atoms. The second-order valence-corrected chi connectivity index (χ2v) is 7.27.